The summed E-state index contributed by atoms with van der Waals surface area (Å²) in [6.45, 7) is 2.49. The summed E-state index contributed by atoms with van der Waals surface area (Å²) in [6, 6.07) is 1.73. The molecule has 10 heteroatoms. The molecule has 138 valence electrons. The van der Waals surface area contributed by atoms with Crippen LogP contribution in [0.1, 0.15) is 18.1 Å². The minimum Gasteiger partial charge on any atom is -0.475 e. The Labute approximate surface area is 138 Å². The zero-order valence-electron chi connectivity index (χ0n) is 12.9. The molecule has 0 N–H and O–H groups in total. The van der Waals surface area contributed by atoms with E-state index in [1.165, 1.54) is 13.8 Å². The summed E-state index contributed by atoms with van der Waals surface area (Å²) in [5, 5.41) is 0. The van der Waals surface area contributed by atoms with E-state index in [-0.39, 0.29) is 23.5 Å². The van der Waals surface area contributed by atoms with Gasteiger partial charge in [0.1, 0.15) is 11.5 Å². The minimum atomic E-state index is -4.97. The highest BCUT2D eigenvalue weighted by atomic mass is 19.4. The number of alkyl halides is 6. The summed E-state index contributed by atoms with van der Waals surface area (Å²) in [4.78, 5) is 11.8. The van der Waals surface area contributed by atoms with Gasteiger partial charge in [0.05, 0.1) is 12.2 Å². The second-order valence-electron chi connectivity index (χ2n) is 5.07. The van der Waals surface area contributed by atoms with Gasteiger partial charge in [-0.25, -0.2) is 4.79 Å². The number of halogens is 6. The first kappa shape index (κ1) is 18.9. The Morgan fingerprint density at radius 2 is 1.84 bits per heavy atom. The second-order valence-corrected chi connectivity index (χ2v) is 5.07. The van der Waals surface area contributed by atoms with Crippen molar-refractivity contribution >= 4 is 12.0 Å². The van der Waals surface area contributed by atoms with Gasteiger partial charge in [0, 0.05) is 5.56 Å². The molecule has 0 saturated heterocycles. The van der Waals surface area contributed by atoms with Crippen molar-refractivity contribution in [3.63, 3.8) is 0 Å². The number of hydrogen-bond donors (Lipinski definition) is 0. The largest absolute Gasteiger partial charge is 0.573 e. The third kappa shape index (κ3) is 4.37. The van der Waals surface area contributed by atoms with Crippen molar-refractivity contribution in [1.29, 1.82) is 0 Å². The van der Waals surface area contributed by atoms with Gasteiger partial charge in [-0.2, -0.15) is 13.2 Å². The van der Waals surface area contributed by atoms with Crippen molar-refractivity contribution < 1.29 is 45.3 Å². The minimum absolute atomic E-state index is 0.00911. The maximum Gasteiger partial charge on any atom is 0.573 e. The van der Waals surface area contributed by atoms with Gasteiger partial charge >= 0.3 is 18.5 Å². The molecule has 1 heterocycles. The highest BCUT2D eigenvalue weighted by Crippen LogP contribution is 2.41. The number of hydrogen-bond acceptors (Lipinski definition) is 4. The maximum absolute atomic E-state index is 13.2. The van der Waals surface area contributed by atoms with Crippen molar-refractivity contribution in [1.82, 2.24) is 0 Å². The summed E-state index contributed by atoms with van der Waals surface area (Å²) < 4.78 is 89.7. The number of fused-ring (bicyclic) bond motifs is 1. The topological polar surface area (TPSA) is 44.8 Å². The predicted molar refractivity (Wildman–Crippen MR) is 72.9 cm³/mol. The molecular formula is C15H12F6O4. The van der Waals surface area contributed by atoms with Crippen molar-refractivity contribution in [3.05, 3.63) is 28.8 Å². The van der Waals surface area contributed by atoms with Crippen LogP contribution >= 0.6 is 0 Å². The van der Waals surface area contributed by atoms with Crippen LogP contribution in [-0.4, -0.2) is 31.2 Å². The highest BCUT2D eigenvalue weighted by molar-refractivity contribution is 5.96. The van der Waals surface area contributed by atoms with Crippen molar-refractivity contribution in [3.8, 4) is 11.5 Å². The number of carbonyl (C=O) groups is 1. The molecule has 0 saturated carbocycles. The third-order valence-electron chi connectivity index (χ3n) is 3.15. The van der Waals surface area contributed by atoms with E-state index in [4.69, 9.17) is 4.74 Å². The van der Waals surface area contributed by atoms with Gasteiger partial charge in [0.2, 0.25) is 6.10 Å². The molecule has 4 nitrogen and oxygen atoms in total. The van der Waals surface area contributed by atoms with E-state index in [9.17, 15) is 31.1 Å². The van der Waals surface area contributed by atoms with Gasteiger partial charge in [-0.05, 0) is 37.6 Å². The highest BCUT2D eigenvalue weighted by Gasteiger charge is 2.49. The van der Waals surface area contributed by atoms with Crippen LogP contribution in [0.2, 0.25) is 0 Å². The fourth-order valence-electron chi connectivity index (χ4n) is 2.28. The molecule has 1 unspecified atom stereocenters. The van der Waals surface area contributed by atoms with E-state index >= 15 is 0 Å². The Morgan fingerprint density at radius 1 is 1.20 bits per heavy atom. The molecule has 0 fully saturated rings. The first-order valence-corrected chi connectivity index (χ1v) is 6.95. The number of carbonyl (C=O) groups excluding carboxylic acids is 1. The normalized spacial score (nSPS) is 17.3. The Balaban J connectivity index is 2.53. The molecule has 0 bridgehead atoms. The van der Waals surface area contributed by atoms with E-state index in [2.05, 4.69) is 9.47 Å². The molecule has 1 aliphatic rings. The fraction of sp³-hybridized carbons (Fsp3) is 0.400. The standard InChI is InChI=1S/C15H12F6O4/c1-3-23-13(22)10-6-8-5-9(25-15(19,20)21)4-7(2)11(8)24-12(10)14(16,17)18/h4-6,12H,3H2,1-2H3. The molecule has 2 rings (SSSR count). The van der Waals surface area contributed by atoms with Crippen LogP contribution in [0.4, 0.5) is 26.3 Å². The summed E-state index contributed by atoms with van der Waals surface area (Å²) >= 11 is 0. The number of esters is 1. The van der Waals surface area contributed by atoms with E-state index in [0.717, 1.165) is 18.2 Å². The molecule has 0 radical (unpaired) electrons. The van der Waals surface area contributed by atoms with Crippen molar-refractivity contribution in [2.45, 2.75) is 32.5 Å². The average Bonchev–Trinajstić information content (AvgIpc) is 2.43. The van der Waals surface area contributed by atoms with Crippen LogP contribution in [0.25, 0.3) is 6.08 Å². The van der Waals surface area contributed by atoms with E-state index < -0.39 is 35.9 Å². The molecule has 0 spiro atoms. The smallest absolute Gasteiger partial charge is 0.475 e. The first-order valence-electron chi connectivity index (χ1n) is 6.95. The molecule has 1 aliphatic heterocycles. The molecule has 0 aliphatic carbocycles. The molecule has 1 atom stereocenters. The fourth-order valence-corrected chi connectivity index (χ4v) is 2.28. The van der Waals surface area contributed by atoms with Gasteiger partial charge in [-0.3, -0.25) is 0 Å². The van der Waals surface area contributed by atoms with Gasteiger partial charge in [0.15, 0.2) is 0 Å². The van der Waals surface area contributed by atoms with Crippen LogP contribution in [0.3, 0.4) is 0 Å². The molecular weight excluding hydrogens is 358 g/mol. The molecule has 1 aromatic rings. The Kier molecular flexibility index (Phi) is 4.92. The summed E-state index contributed by atoms with van der Waals surface area (Å²) in [5.74, 6) is -2.20. The third-order valence-corrected chi connectivity index (χ3v) is 3.15. The monoisotopic (exact) mass is 370 g/mol. The van der Waals surface area contributed by atoms with E-state index in [0.29, 0.717) is 0 Å². The quantitative estimate of drug-likeness (QED) is 0.592. The van der Waals surface area contributed by atoms with E-state index in [1.54, 1.807) is 0 Å². The van der Waals surface area contributed by atoms with Crippen LogP contribution in [0.5, 0.6) is 11.5 Å². The van der Waals surface area contributed by atoms with E-state index in [1.807, 2.05) is 0 Å². The number of aryl methyl sites for hydroxylation is 1. The van der Waals surface area contributed by atoms with Crippen LogP contribution in [0, 0.1) is 6.92 Å². The van der Waals surface area contributed by atoms with Gasteiger partial charge in [0.25, 0.3) is 0 Å². The molecule has 0 amide bonds. The van der Waals surface area contributed by atoms with Crippen LogP contribution in [-0.2, 0) is 9.53 Å². The first-order chi connectivity index (χ1) is 11.4. The average molecular weight is 370 g/mol. The predicted octanol–water partition coefficient (Wildman–Crippen LogP) is 4.16. The van der Waals surface area contributed by atoms with Gasteiger partial charge < -0.3 is 14.2 Å². The summed E-state index contributed by atoms with van der Waals surface area (Å²) in [5.41, 5.74) is -1.02. The lowest BCUT2D eigenvalue weighted by Crippen LogP contribution is -2.41. The molecule has 0 aromatic heterocycles. The Morgan fingerprint density at radius 3 is 2.36 bits per heavy atom. The van der Waals surface area contributed by atoms with Gasteiger partial charge in [-0.1, -0.05) is 0 Å². The lowest BCUT2D eigenvalue weighted by molar-refractivity contribution is -0.274. The lowest BCUT2D eigenvalue weighted by atomic mass is 9.99. The maximum atomic E-state index is 13.2. The Bertz CT molecular complexity index is 705. The zero-order valence-corrected chi connectivity index (χ0v) is 12.9. The van der Waals surface area contributed by atoms with Crippen molar-refractivity contribution in [2.75, 3.05) is 6.61 Å². The SMILES string of the molecule is CCOC(=O)C1=Cc2cc(OC(F)(F)F)cc(C)c2OC1C(F)(F)F. The van der Waals surface area contributed by atoms with Crippen LogP contribution < -0.4 is 9.47 Å². The number of rotatable bonds is 3. The lowest BCUT2D eigenvalue weighted by Gasteiger charge is -2.29. The second kappa shape index (κ2) is 6.49. The molecule has 1 aromatic carbocycles. The Hall–Kier alpha value is -2.39. The van der Waals surface area contributed by atoms with Crippen LogP contribution in [0.15, 0.2) is 17.7 Å². The number of ether oxygens (including phenoxy) is 3. The number of benzene rings is 1. The summed E-state index contributed by atoms with van der Waals surface area (Å²) in [7, 11) is 0. The summed E-state index contributed by atoms with van der Waals surface area (Å²) in [6.07, 6.45) is -11.7. The van der Waals surface area contributed by atoms with Crippen molar-refractivity contribution in [2.24, 2.45) is 0 Å². The van der Waals surface area contributed by atoms with Gasteiger partial charge in [-0.15, -0.1) is 13.2 Å². The molecule has 25 heavy (non-hydrogen) atoms. The zero-order chi connectivity index (χ0) is 19.0.